The molecule has 0 N–H and O–H groups in total. The van der Waals surface area contributed by atoms with Gasteiger partial charge in [0.2, 0.25) is 0 Å². The highest BCUT2D eigenvalue weighted by molar-refractivity contribution is 5.86. The lowest BCUT2D eigenvalue weighted by atomic mass is 10.2. The number of ether oxygens (including phenoxy) is 3. The molecule has 4 heterocycles. The third-order valence-electron chi connectivity index (χ3n) is 7.29. The Morgan fingerprint density at radius 2 is 1.80 bits per heavy atom. The van der Waals surface area contributed by atoms with E-state index in [4.69, 9.17) is 14.2 Å². The highest BCUT2D eigenvalue weighted by Crippen LogP contribution is 2.28. The smallest absolute Gasteiger partial charge is 0.266 e. The summed E-state index contributed by atoms with van der Waals surface area (Å²) in [5.41, 5.74) is 2.22. The average Bonchev–Trinajstić information content (AvgIpc) is 3.32. The van der Waals surface area contributed by atoms with E-state index in [-0.39, 0.29) is 24.5 Å². The number of aryl methyl sites for hydroxylation is 1. The second-order valence-electron chi connectivity index (χ2n) is 10.1. The summed E-state index contributed by atoms with van der Waals surface area (Å²) in [7, 11) is 0. The van der Waals surface area contributed by atoms with Crippen LogP contribution in [0.2, 0.25) is 0 Å². The van der Waals surface area contributed by atoms with Gasteiger partial charge in [0.15, 0.2) is 5.82 Å². The van der Waals surface area contributed by atoms with Crippen LogP contribution in [0.4, 0.5) is 4.39 Å². The van der Waals surface area contributed by atoms with Crippen molar-refractivity contribution in [3.05, 3.63) is 88.7 Å². The summed E-state index contributed by atoms with van der Waals surface area (Å²) >= 11 is 0. The van der Waals surface area contributed by atoms with Gasteiger partial charge in [-0.3, -0.25) is 19.2 Å². The summed E-state index contributed by atoms with van der Waals surface area (Å²) in [6.07, 6.45) is 4.53. The van der Waals surface area contributed by atoms with Crippen molar-refractivity contribution in [2.24, 2.45) is 0 Å². The lowest BCUT2D eigenvalue weighted by molar-refractivity contribution is 0.0358. The van der Waals surface area contributed by atoms with Crippen molar-refractivity contribution in [2.75, 3.05) is 46.1 Å². The van der Waals surface area contributed by atoms with Gasteiger partial charge in [-0.05, 0) is 61.4 Å². The highest BCUT2D eigenvalue weighted by atomic mass is 19.1. The van der Waals surface area contributed by atoms with Gasteiger partial charge in [0.05, 0.1) is 37.4 Å². The molecule has 41 heavy (non-hydrogen) atoms. The maximum Gasteiger partial charge on any atom is 0.266 e. The molecule has 6 rings (SSSR count). The molecule has 212 valence electrons. The molecule has 1 saturated heterocycles. The van der Waals surface area contributed by atoms with E-state index >= 15 is 0 Å². The van der Waals surface area contributed by atoms with Crippen LogP contribution in [0, 0.1) is 12.7 Å². The largest absolute Gasteiger partial charge is 0.493 e. The number of hydrogen-bond donors (Lipinski definition) is 0. The molecule has 3 aromatic heterocycles. The van der Waals surface area contributed by atoms with Gasteiger partial charge >= 0.3 is 0 Å². The molecule has 5 aromatic rings. The zero-order chi connectivity index (χ0) is 28.2. The predicted octanol–water partition coefficient (Wildman–Crippen LogP) is 4.36. The van der Waals surface area contributed by atoms with E-state index in [1.165, 1.54) is 22.9 Å². The first-order valence-electron chi connectivity index (χ1n) is 13.9. The van der Waals surface area contributed by atoms with E-state index in [2.05, 4.69) is 15.0 Å². The SMILES string of the molecule is Cc1cn(-c2ccc(=O)n(CCOc3ccnc4cc(OCCCN5CCOCC5)ccc34)n2)c2cc(F)ccc12. The molecule has 1 aliphatic heterocycles. The van der Waals surface area contributed by atoms with Crippen LogP contribution in [-0.2, 0) is 11.3 Å². The van der Waals surface area contributed by atoms with Gasteiger partial charge in [0.1, 0.15) is 23.9 Å². The van der Waals surface area contributed by atoms with Crippen molar-refractivity contribution in [1.82, 2.24) is 24.2 Å². The Balaban J connectivity index is 1.10. The number of rotatable bonds is 10. The molecule has 1 aliphatic rings. The average molecular weight is 558 g/mol. The maximum atomic E-state index is 14.0. The third-order valence-corrected chi connectivity index (χ3v) is 7.29. The summed E-state index contributed by atoms with van der Waals surface area (Å²) in [4.78, 5) is 19.4. The maximum absolute atomic E-state index is 14.0. The van der Waals surface area contributed by atoms with Crippen molar-refractivity contribution in [3.8, 4) is 17.3 Å². The lowest BCUT2D eigenvalue weighted by Gasteiger charge is -2.26. The number of hydrogen-bond acceptors (Lipinski definition) is 7. The summed E-state index contributed by atoms with van der Waals surface area (Å²) in [5, 5.41) is 6.32. The van der Waals surface area contributed by atoms with E-state index < -0.39 is 0 Å². The summed E-state index contributed by atoms with van der Waals surface area (Å²) in [6, 6.07) is 15.4. The fourth-order valence-corrected chi connectivity index (χ4v) is 5.15. The van der Waals surface area contributed by atoms with E-state index in [1.54, 1.807) is 29.0 Å². The number of nitrogens with zero attached hydrogens (tertiary/aromatic N) is 5. The molecule has 0 saturated carbocycles. The monoisotopic (exact) mass is 557 g/mol. The predicted molar refractivity (Wildman–Crippen MR) is 155 cm³/mol. The van der Waals surface area contributed by atoms with Gasteiger partial charge in [-0.15, -0.1) is 0 Å². The lowest BCUT2D eigenvalue weighted by Crippen LogP contribution is -2.37. The van der Waals surface area contributed by atoms with Crippen LogP contribution in [0.25, 0.3) is 27.6 Å². The Bertz CT molecular complexity index is 1730. The second-order valence-corrected chi connectivity index (χ2v) is 10.1. The van der Waals surface area contributed by atoms with Crippen LogP contribution in [-0.4, -0.2) is 70.3 Å². The number of aromatic nitrogens is 4. The number of benzene rings is 2. The quantitative estimate of drug-likeness (QED) is 0.236. The first kappa shape index (κ1) is 26.9. The molecule has 0 unspecified atom stereocenters. The van der Waals surface area contributed by atoms with Crippen LogP contribution < -0.4 is 15.0 Å². The fourth-order valence-electron chi connectivity index (χ4n) is 5.15. The minimum Gasteiger partial charge on any atom is -0.493 e. The van der Waals surface area contributed by atoms with Crippen molar-refractivity contribution in [1.29, 1.82) is 0 Å². The van der Waals surface area contributed by atoms with Crippen LogP contribution in [0.1, 0.15) is 12.0 Å². The first-order valence-corrected chi connectivity index (χ1v) is 13.9. The minimum absolute atomic E-state index is 0.231. The Labute approximate surface area is 236 Å². The topological polar surface area (TPSA) is 83.6 Å². The zero-order valence-electron chi connectivity index (χ0n) is 23.0. The van der Waals surface area contributed by atoms with Gasteiger partial charge in [-0.2, -0.15) is 5.10 Å². The molecule has 9 nitrogen and oxygen atoms in total. The normalized spacial score (nSPS) is 14.1. The van der Waals surface area contributed by atoms with Crippen molar-refractivity contribution in [3.63, 3.8) is 0 Å². The summed E-state index contributed by atoms with van der Waals surface area (Å²) in [5.74, 6) is 1.63. The van der Waals surface area contributed by atoms with Crippen LogP contribution in [0.15, 0.2) is 71.8 Å². The summed E-state index contributed by atoms with van der Waals surface area (Å²) in [6.45, 7) is 7.61. The first-order chi connectivity index (χ1) is 20.0. The van der Waals surface area contributed by atoms with Crippen LogP contribution in [0.5, 0.6) is 11.5 Å². The van der Waals surface area contributed by atoms with E-state index in [0.717, 1.165) is 66.9 Å². The molecule has 0 spiro atoms. The second kappa shape index (κ2) is 12.1. The number of fused-ring (bicyclic) bond motifs is 2. The minimum atomic E-state index is -0.328. The van der Waals surface area contributed by atoms with E-state index in [0.29, 0.717) is 23.7 Å². The van der Waals surface area contributed by atoms with Gasteiger partial charge in [0, 0.05) is 54.9 Å². The molecule has 10 heteroatoms. The Morgan fingerprint density at radius 1 is 0.951 bits per heavy atom. The van der Waals surface area contributed by atoms with E-state index in [9.17, 15) is 9.18 Å². The van der Waals surface area contributed by atoms with Gasteiger partial charge in [0.25, 0.3) is 5.56 Å². The molecular weight excluding hydrogens is 525 g/mol. The molecule has 0 radical (unpaired) electrons. The van der Waals surface area contributed by atoms with E-state index in [1.807, 2.05) is 31.3 Å². The van der Waals surface area contributed by atoms with Crippen molar-refractivity contribution in [2.45, 2.75) is 19.9 Å². The molecular formula is C31H32FN5O4. The van der Waals surface area contributed by atoms with Gasteiger partial charge in [-0.25, -0.2) is 9.07 Å². The standard InChI is InChI=1S/C31H32FN5O4/c1-22-21-36(28-19-23(32)3-5-25(22)28)30-7-8-31(38)37(34-30)14-18-41-29-9-10-33-27-20-24(4-6-26(27)29)40-15-2-11-35-12-16-39-17-13-35/h3-10,19-21H,2,11-18H2,1H3. The van der Waals surface area contributed by atoms with Crippen molar-refractivity contribution >= 4 is 21.8 Å². The molecule has 0 atom stereocenters. The Hall–Kier alpha value is -4.28. The number of pyridine rings is 1. The third kappa shape index (κ3) is 6.08. The molecule has 0 amide bonds. The van der Waals surface area contributed by atoms with Crippen molar-refractivity contribution < 1.29 is 18.6 Å². The fraction of sp³-hybridized carbons (Fsp3) is 0.323. The molecule has 0 aliphatic carbocycles. The molecule has 1 fully saturated rings. The Morgan fingerprint density at radius 3 is 2.68 bits per heavy atom. The summed E-state index contributed by atoms with van der Waals surface area (Å²) < 4.78 is 34.6. The number of halogens is 1. The van der Waals surface area contributed by atoms with Crippen LogP contribution >= 0.6 is 0 Å². The number of morpholine rings is 1. The van der Waals surface area contributed by atoms with Crippen LogP contribution in [0.3, 0.4) is 0 Å². The Kier molecular flexibility index (Phi) is 7.93. The molecule has 2 aromatic carbocycles. The van der Waals surface area contributed by atoms with Gasteiger partial charge in [-0.1, -0.05) is 0 Å². The highest BCUT2D eigenvalue weighted by Gasteiger charge is 2.12. The zero-order valence-corrected chi connectivity index (χ0v) is 23.0. The molecule has 0 bridgehead atoms. The van der Waals surface area contributed by atoms with Gasteiger partial charge < -0.3 is 14.2 Å².